The summed E-state index contributed by atoms with van der Waals surface area (Å²) in [5, 5.41) is 7.71. The van der Waals surface area contributed by atoms with E-state index in [0.717, 1.165) is 49.7 Å². The number of aromatic nitrogens is 2. The van der Waals surface area contributed by atoms with Gasteiger partial charge in [0.2, 0.25) is 5.91 Å². The molecule has 1 N–H and O–H groups in total. The zero-order valence-electron chi connectivity index (χ0n) is 18.5. The molecule has 166 valence electrons. The molecular formula is C23H32N6O2. The number of guanidine groups is 1. The number of rotatable bonds is 6. The lowest BCUT2D eigenvalue weighted by Crippen LogP contribution is -2.48. The minimum Gasteiger partial charge on any atom is -0.370 e. The van der Waals surface area contributed by atoms with Crippen LogP contribution in [0.4, 0.5) is 0 Å². The molecule has 2 aromatic rings. The summed E-state index contributed by atoms with van der Waals surface area (Å²) in [5.74, 6) is 1.15. The Kier molecular flexibility index (Phi) is 6.86. The highest BCUT2D eigenvalue weighted by atomic mass is 16.5. The Morgan fingerprint density at radius 1 is 1.29 bits per heavy atom. The van der Waals surface area contributed by atoms with Crippen LogP contribution >= 0.6 is 0 Å². The Hall–Kier alpha value is -2.87. The summed E-state index contributed by atoms with van der Waals surface area (Å²) in [6.07, 6.45) is 5.49. The quantitative estimate of drug-likeness (QED) is 0.568. The van der Waals surface area contributed by atoms with E-state index in [1.807, 2.05) is 36.5 Å². The number of ether oxygens (including phenoxy) is 1. The molecule has 1 atom stereocenters. The van der Waals surface area contributed by atoms with E-state index in [4.69, 9.17) is 9.73 Å². The fourth-order valence-corrected chi connectivity index (χ4v) is 4.18. The second-order valence-corrected chi connectivity index (χ2v) is 8.11. The summed E-state index contributed by atoms with van der Waals surface area (Å²) >= 11 is 0. The predicted octanol–water partition coefficient (Wildman–Crippen LogP) is 2.08. The summed E-state index contributed by atoms with van der Waals surface area (Å²) in [6.45, 7) is 7.17. The number of nitrogens with zero attached hydrogens (tertiary/aromatic N) is 5. The van der Waals surface area contributed by atoms with Crippen molar-refractivity contribution in [2.45, 2.75) is 39.0 Å². The molecule has 1 aromatic carbocycles. The van der Waals surface area contributed by atoms with Gasteiger partial charge in [0.15, 0.2) is 5.96 Å². The second-order valence-electron chi connectivity index (χ2n) is 8.11. The molecule has 0 saturated carbocycles. The van der Waals surface area contributed by atoms with Crippen LogP contribution in [0.5, 0.6) is 0 Å². The Labute approximate surface area is 183 Å². The van der Waals surface area contributed by atoms with Crippen LogP contribution in [0.25, 0.3) is 0 Å². The van der Waals surface area contributed by atoms with Gasteiger partial charge >= 0.3 is 0 Å². The lowest BCUT2D eigenvalue weighted by Gasteiger charge is -2.34. The van der Waals surface area contributed by atoms with Gasteiger partial charge in [0, 0.05) is 51.4 Å². The maximum Gasteiger partial charge on any atom is 0.222 e. The van der Waals surface area contributed by atoms with E-state index in [2.05, 4.69) is 34.4 Å². The fraction of sp³-hybridized carbons (Fsp3) is 0.522. The molecule has 0 bridgehead atoms. The SMILES string of the molecule is CCNC(=NCc1ccccc1CN1CCCC1=O)N1CCOC(c2cnn(C)c2)C1. The van der Waals surface area contributed by atoms with Crippen LogP contribution in [0.1, 0.15) is 42.6 Å². The van der Waals surface area contributed by atoms with E-state index >= 15 is 0 Å². The smallest absolute Gasteiger partial charge is 0.222 e. The lowest BCUT2D eigenvalue weighted by atomic mass is 10.1. The third kappa shape index (κ3) is 5.25. The number of carbonyl (C=O) groups excluding carboxylic acids is 1. The monoisotopic (exact) mass is 424 g/mol. The summed E-state index contributed by atoms with van der Waals surface area (Å²) in [6, 6.07) is 8.30. The van der Waals surface area contributed by atoms with Gasteiger partial charge in [0.25, 0.3) is 0 Å². The van der Waals surface area contributed by atoms with Gasteiger partial charge in [-0.15, -0.1) is 0 Å². The Morgan fingerprint density at radius 3 is 2.84 bits per heavy atom. The number of nitrogens with one attached hydrogen (secondary N) is 1. The normalized spacial score (nSPS) is 19.9. The van der Waals surface area contributed by atoms with Crippen LogP contribution in [0.3, 0.4) is 0 Å². The minimum absolute atomic E-state index is 0.0141. The summed E-state index contributed by atoms with van der Waals surface area (Å²) < 4.78 is 7.79. The Balaban J connectivity index is 1.47. The molecule has 2 aliphatic rings. The van der Waals surface area contributed by atoms with Crippen LogP contribution in [0.2, 0.25) is 0 Å². The molecule has 8 nitrogen and oxygen atoms in total. The van der Waals surface area contributed by atoms with Gasteiger partial charge in [0.05, 0.1) is 25.9 Å². The first kappa shape index (κ1) is 21.4. The van der Waals surface area contributed by atoms with Gasteiger partial charge < -0.3 is 19.9 Å². The molecule has 1 amide bonds. The van der Waals surface area contributed by atoms with Gasteiger partial charge in [-0.05, 0) is 24.5 Å². The third-order valence-corrected chi connectivity index (χ3v) is 5.85. The first-order valence-electron chi connectivity index (χ1n) is 11.1. The first-order chi connectivity index (χ1) is 15.1. The summed E-state index contributed by atoms with van der Waals surface area (Å²) in [7, 11) is 1.92. The lowest BCUT2D eigenvalue weighted by molar-refractivity contribution is -0.128. The molecule has 2 saturated heterocycles. The van der Waals surface area contributed by atoms with Gasteiger partial charge in [-0.2, -0.15) is 5.10 Å². The molecular weight excluding hydrogens is 392 g/mol. The largest absolute Gasteiger partial charge is 0.370 e. The average molecular weight is 425 g/mol. The van der Waals surface area contributed by atoms with Crippen molar-refractivity contribution in [2.24, 2.45) is 12.0 Å². The van der Waals surface area contributed by atoms with Gasteiger partial charge in [0.1, 0.15) is 6.10 Å². The van der Waals surface area contributed by atoms with Crippen molar-refractivity contribution < 1.29 is 9.53 Å². The van der Waals surface area contributed by atoms with Gasteiger partial charge in [-0.25, -0.2) is 4.99 Å². The van der Waals surface area contributed by atoms with Crippen molar-refractivity contribution >= 4 is 11.9 Å². The molecule has 2 fully saturated rings. The maximum atomic E-state index is 12.1. The number of morpholine rings is 1. The number of amides is 1. The molecule has 0 spiro atoms. The molecule has 8 heteroatoms. The Bertz CT molecular complexity index is 924. The number of likely N-dealkylation sites (tertiary alicyclic amines) is 1. The molecule has 31 heavy (non-hydrogen) atoms. The number of aryl methyl sites for hydroxylation is 1. The van der Waals surface area contributed by atoms with Crippen LogP contribution in [0, 0.1) is 0 Å². The molecule has 1 aromatic heterocycles. The van der Waals surface area contributed by atoms with E-state index in [-0.39, 0.29) is 12.0 Å². The van der Waals surface area contributed by atoms with Crippen LogP contribution in [-0.2, 0) is 29.7 Å². The number of carbonyl (C=O) groups is 1. The van der Waals surface area contributed by atoms with Crippen molar-refractivity contribution in [3.8, 4) is 0 Å². The molecule has 4 rings (SSSR count). The average Bonchev–Trinajstić information content (AvgIpc) is 3.40. The van der Waals surface area contributed by atoms with E-state index in [9.17, 15) is 4.79 Å². The van der Waals surface area contributed by atoms with Crippen molar-refractivity contribution in [3.05, 3.63) is 53.3 Å². The summed E-state index contributed by atoms with van der Waals surface area (Å²) in [5.41, 5.74) is 3.42. The predicted molar refractivity (Wildman–Crippen MR) is 119 cm³/mol. The van der Waals surface area contributed by atoms with Crippen LogP contribution in [0.15, 0.2) is 41.7 Å². The highest BCUT2D eigenvalue weighted by Gasteiger charge is 2.25. The van der Waals surface area contributed by atoms with E-state index in [1.54, 1.807) is 4.68 Å². The van der Waals surface area contributed by atoms with E-state index < -0.39 is 0 Å². The number of hydrogen-bond acceptors (Lipinski definition) is 4. The molecule has 0 radical (unpaired) electrons. The third-order valence-electron chi connectivity index (χ3n) is 5.85. The summed E-state index contributed by atoms with van der Waals surface area (Å²) in [4.78, 5) is 21.2. The number of benzene rings is 1. The van der Waals surface area contributed by atoms with E-state index in [1.165, 1.54) is 5.56 Å². The zero-order chi connectivity index (χ0) is 21.6. The molecule has 0 aliphatic carbocycles. The molecule has 2 aliphatic heterocycles. The standard InChI is InChI=1S/C23H32N6O2/c1-3-24-23(29-11-12-31-21(17-29)20-14-26-27(2)15-20)25-13-18-7-4-5-8-19(18)16-28-10-6-9-22(28)30/h4-5,7-8,14-15,21H,3,6,9-13,16-17H2,1-2H3,(H,24,25). The highest BCUT2D eigenvalue weighted by molar-refractivity contribution is 5.80. The number of aliphatic imine (C=N–C) groups is 1. The zero-order valence-corrected chi connectivity index (χ0v) is 18.5. The number of hydrogen-bond donors (Lipinski definition) is 1. The van der Waals surface area contributed by atoms with Crippen molar-refractivity contribution in [2.75, 3.05) is 32.8 Å². The molecule has 1 unspecified atom stereocenters. The minimum atomic E-state index is -0.0141. The van der Waals surface area contributed by atoms with Crippen molar-refractivity contribution in [1.29, 1.82) is 0 Å². The van der Waals surface area contributed by atoms with Crippen LogP contribution in [-0.4, -0.2) is 64.2 Å². The Morgan fingerprint density at radius 2 is 2.13 bits per heavy atom. The fourth-order valence-electron chi connectivity index (χ4n) is 4.18. The maximum absolute atomic E-state index is 12.1. The van der Waals surface area contributed by atoms with Gasteiger partial charge in [-0.3, -0.25) is 9.48 Å². The second kappa shape index (κ2) is 9.96. The van der Waals surface area contributed by atoms with Crippen molar-refractivity contribution in [3.63, 3.8) is 0 Å². The van der Waals surface area contributed by atoms with E-state index in [0.29, 0.717) is 26.1 Å². The highest BCUT2D eigenvalue weighted by Crippen LogP contribution is 2.22. The first-order valence-corrected chi connectivity index (χ1v) is 11.1. The van der Waals surface area contributed by atoms with Crippen LogP contribution < -0.4 is 5.32 Å². The topological polar surface area (TPSA) is 75.0 Å². The van der Waals surface area contributed by atoms with Gasteiger partial charge in [-0.1, -0.05) is 24.3 Å². The van der Waals surface area contributed by atoms with Crippen molar-refractivity contribution in [1.82, 2.24) is 24.9 Å². The molecule has 3 heterocycles.